The molecular weight excluding hydrogens is 230 g/mol. The second-order valence-electron chi connectivity index (χ2n) is 3.54. The first-order valence-electron chi connectivity index (χ1n) is 5.64. The van der Waals surface area contributed by atoms with Crippen molar-refractivity contribution in [2.24, 2.45) is 0 Å². The standard InChI is InChI=1S/C13H15N3S/c1-2-12-14-13(16-15-12)17-10-6-9-11-7-4-3-5-8-11/h3-9H,2,10H2,1H3,(H,14,15,16)/b9-6+. The van der Waals surface area contributed by atoms with Crippen LogP contribution in [-0.2, 0) is 6.42 Å². The minimum atomic E-state index is 0.819. The molecule has 0 radical (unpaired) electrons. The van der Waals surface area contributed by atoms with Gasteiger partial charge in [0.15, 0.2) is 0 Å². The molecule has 0 saturated heterocycles. The molecule has 0 fully saturated rings. The molecule has 1 aromatic heterocycles. The zero-order valence-electron chi connectivity index (χ0n) is 9.76. The van der Waals surface area contributed by atoms with E-state index in [-0.39, 0.29) is 0 Å². The summed E-state index contributed by atoms with van der Waals surface area (Å²) in [6.45, 7) is 2.06. The molecule has 0 spiro atoms. The van der Waals surface area contributed by atoms with E-state index in [9.17, 15) is 0 Å². The summed E-state index contributed by atoms with van der Waals surface area (Å²) in [5.74, 6) is 1.83. The lowest BCUT2D eigenvalue weighted by Crippen LogP contribution is -1.81. The van der Waals surface area contributed by atoms with Gasteiger partial charge < -0.3 is 0 Å². The number of nitrogens with one attached hydrogen (secondary N) is 1. The molecule has 88 valence electrons. The molecule has 2 aromatic rings. The Bertz CT molecular complexity index is 476. The lowest BCUT2D eigenvalue weighted by molar-refractivity contribution is 0.941. The Kier molecular flexibility index (Phi) is 4.38. The van der Waals surface area contributed by atoms with E-state index >= 15 is 0 Å². The quantitative estimate of drug-likeness (QED) is 0.823. The van der Waals surface area contributed by atoms with Crippen molar-refractivity contribution in [2.75, 3.05) is 5.75 Å². The van der Waals surface area contributed by atoms with Crippen LogP contribution in [-0.4, -0.2) is 20.9 Å². The van der Waals surface area contributed by atoms with Crippen LogP contribution in [0.4, 0.5) is 0 Å². The summed E-state index contributed by atoms with van der Waals surface area (Å²) in [4.78, 5) is 4.34. The largest absolute Gasteiger partial charge is 0.262 e. The fourth-order valence-corrected chi connectivity index (χ4v) is 2.00. The highest BCUT2D eigenvalue weighted by Crippen LogP contribution is 2.13. The molecule has 0 bridgehead atoms. The molecule has 17 heavy (non-hydrogen) atoms. The highest BCUT2D eigenvalue weighted by atomic mass is 32.2. The number of aromatic amines is 1. The van der Waals surface area contributed by atoms with E-state index < -0.39 is 0 Å². The third kappa shape index (κ3) is 3.75. The zero-order chi connectivity index (χ0) is 11.9. The van der Waals surface area contributed by atoms with Crippen LogP contribution < -0.4 is 0 Å². The normalized spacial score (nSPS) is 11.1. The van der Waals surface area contributed by atoms with Gasteiger partial charge in [-0.2, -0.15) is 0 Å². The van der Waals surface area contributed by atoms with E-state index in [1.54, 1.807) is 11.8 Å². The van der Waals surface area contributed by atoms with Crippen LogP contribution in [0.25, 0.3) is 6.08 Å². The van der Waals surface area contributed by atoms with Gasteiger partial charge in [0.25, 0.3) is 0 Å². The van der Waals surface area contributed by atoms with E-state index in [0.717, 1.165) is 23.2 Å². The first-order valence-corrected chi connectivity index (χ1v) is 6.62. The maximum atomic E-state index is 4.34. The Hall–Kier alpha value is -1.55. The fraction of sp³-hybridized carbons (Fsp3) is 0.231. The number of rotatable bonds is 5. The van der Waals surface area contributed by atoms with Crippen molar-refractivity contribution >= 4 is 17.8 Å². The molecule has 0 saturated carbocycles. The first kappa shape index (κ1) is 11.9. The summed E-state index contributed by atoms with van der Waals surface area (Å²) in [6, 6.07) is 10.3. The SMILES string of the molecule is CCc1nc(SC/C=C/c2ccccc2)n[nH]1. The van der Waals surface area contributed by atoms with E-state index in [1.165, 1.54) is 5.56 Å². The van der Waals surface area contributed by atoms with E-state index in [0.29, 0.717) is 0 Å². The molecule has 0 aliphatic heterocycles. The van der Waals surface area contributed by atoms with Gasteiger partial charge in [-0.3, -0.25) is 5.10 Å². The number of hydrogen-bond donors (Lipinski definition) is 1. The topological polar surface area (TPSA) is 41.6 Å². The molecule has 0 amide bonds. The monoisotopic (exact) mass is 245 g/mol. The summed E-state index contributed by atoms with van der Waals surface area (Å²) >= 11 is 1.64. The number of aromatic nitrogens is 3. The molecule has 2 rings (SSSR count). The van der Waals surface area contributed by atoms with Gasteiger partial charge in [0.1, 0.15) is 5.82 Å². The average molecular weight is 245 g/mol. The zero-order valence-corrected chi connectivity index (χ0v) is 10.6. The first-order chi connectivity index (χ1) is 8.38. The smallest absolute Gasteiger partial charge is 0.208 e. The predicted octanol–water partition coefficient (Wildman–Crippen LogP) is 3.17. The molecule has 4 heteroatoms. The van der Waals surface area contributed by atoms with Gasteiger partial charge in [-0.15, -0.1) is 5.10 Å². The van der Waals surface area contributed by atoms with Crippen LogP contribution in [0.1, 0.15) is 18.3 Å². The molecular formula is C13H15N3S. The van der Waals surface area contributed by atoms with Crippen molar-refractivity contribution in [1.29, 1.82) is 0 Å². The van der Waals surface area contributed by atoms with Gasteiger partial charge in [0.05, 0.1) is 0 Å². The second-order valence-corrected chi connectivity index (χ2v) is 4.53. The third-order valence-electron chi connectivity index (χ3n) is 2.26. The fourth-order valence-electron chi connectivity index (χ4n) is 1.37. The molecule has 1 aromatic carbocycles. The van der Waals surface area contributed by atoms with Crippen LogP contribution in [0.15, 0.2) is 41.6 Å². The Morgan fingerprint density at radius 1 is 1.29 bits per heavy atom. The number of benzene rings is 1. The number of nitrogens with zero attached hydrogens (tertiary/aromatic N) is 2. The maximum Gasteiger partial charge on any atom is 0.208 e. The van der Waals surface area contributed by atoms with Crippen molar-refractivity contribution in [3.05, 3.63) is 47.8 Å². The van der Waals surface area contributed by atoms with Crippen LogP contribution >= 0.6 is 11.8 Å². The van der Waals surface area contributed by atoms with Gasteiger partial charge in [0, 0.05) is 12.2 Å². The Morgan fingerprint density at radius 2 is 2.12 bits per heavy atom. The van der Waals surface area contributed by atoms with Crippen molar-refractivity contribution in [1.82, 2.24) is 15.2 Å². The lowest BCUT2D eigenvalue weighted by Gasteiger charge is -1.91. The van der Waals surface area contributed by atoms with Gasteiger partial charge >= 0.3 is 0 Å². The minimum Gasteiger partial charge on any atom is -0.262 e. The van der Waals surface area contributed by atoms with Crippen LogP contribution in [0.3, 0.4) is 0 Å². The van der Waals surface area contributed by atoms with Crippen molar-refractivity contribution < 1.29 is 0 Å². The molecule has 3 nitrogen and oxygen atoms in total. The number of H-pyrrole nitrogens is 1. The Morgan fingerprint density at radius 3 is 2.82 bits per heavy atom. The molecule has 1 heterocycles. The number of aryl methyl sites for hydroxylation is 1. The summed E-state index contributed by atoms with van der Waals surface area (Å²) < 4.78 is 0. The highest BCUT2D eigenvalue weighted by Gasteiger charge is 1.99. The summed E-state index contributed by atoms with van der Waals surface area (Å²) in [5, 5.41) is 7.85. The maximum absolute atomic E-state index is 4.34. The summed E-state index contributed by atoms with van der Waals surface area (Å²) in [5.41, 5.74) is 1.22. The summed E-state index contributed by atoms with van der Waals surface area (Å²) in [6.07, 6.45) is 5.13. The van der Waals surface area contributed by atoms with Gasteiger partial charge in [-0.05, 0) is 5.56 Å². The highest BCUT2D eigenvalue weighted by molar-refractivity contribution is 7.99. The molecule has 0 atom stereocenters. The van der Waals surface area contributed by atoms with Crippen molar-refractivity contribution in [3.63, 3.8) is 0 Å². The van der Waals surface area contributed by atoms with E-state index in [1.807, 2.05) is 18.2 Å². The van der Waals surface area contributed by atoms with E-state index in [4.69, 9.17) is 0 Å². The average Bonchev–Trinajstić information content (AvgIpc) is 2.84. The van der Waals surface area contributed by atoms with Gasteiger partial charge in [-0.1, -0.05) is 61.2 Å². The minimum absolute atomic E-state index is 0.819. The van der Waals surface area contributed by atoms with Crippen LogP contribution in [0.5, 0.6) is 0 Å². The van der Waals surface area contributed by atoms with Crippen LogP contribution in [0.2, 0.25) is 0 Å². The van der Waals surface area contributed by atoms with Gasteiger partial charge in [-0.25, -0.2) is 4.98 Å². The van der Waals surface area contributed by atoms with Gasteiger partial charge in [0.2, 0.25) is 5.16 Å². The number of thioether (sulfide) groups is 1. The molecule has 0 aliphatic rings. The van der Waals surface area contributed by atoms with E-state index in [2.05, 4.69) is 46.4 Å². The molecule has 0 unspecified atom stereocenters. The Labute approximate surface area is 105 Å². The predicted molar refractivity (Wildman–Crippen MR) is 72.0 cm³/mol. The Balaban J connectivity index is 1.81. The van der Waals surface area contributed by atoms with Crippen LogP contribution in [0, 0.1) is 0 Å². The summed E-state index contributed by atoms with van der Waals surface area (Å²) in [7, 11) is 0. The second kappa shape index (κ2) is 6.25. The third-order valence-corrected chi connectivity index (χ3v) is 3.06. The van der Waals surface area contributed by atoms with Crippen molar-refractivity contribution in [2.45, 2.75) is 18.5 Å². The molecule has 0 aliphatic carbocycles. The lowest BCUT2D eigenvalue weighted by atomic mass is 10.2. The molecule has 1 N–H and O–H groups in total. The van der Waals surface area contributed by atoms with Crippen molar-refractivity contribution in [3.8, 4) is 0 Å². The number of hydrogen-bond acceptors (Lipinski definition) is 3.